The number of hydrogen-bond donors (Lipinski definition) is 1. The Bertz CT molecular complexity index is 225. The zero-order chi connectivity index (χ0) is 13.6. The molecule has 18 heavy (non-hydrogen) atoms. The molecule has 0 aromatic heterocycles. The van der Waals surface area contributed by atoms with Crippen LogP contribution < -0.4 is 0 Å². The van der Waals surface area contributed by atoms with Crippen LogP contribution in [0.2, 0.25) is 0 Å². The molecule has 3 heteroatoms. The van der Waals surface area contributed by atoms with Crippen LogP contribution in [0.3, 0.4) is 0 Å². The van der Waals surface area contributed by atoms with Gasteiger partial charge in [-0.1, -0.05) is 34.1 Å². The lowest BCUT2D eigenvalue weighted by Crippen LogP contribution is -2.50. The molecule has 1 unspecified atom stereocenters. The first-order valence-electron chi connectivity index (χ1n) is 7.54. The summed E-state index contributed by atoms with van der Waals surface area (Å²) < 4.78 is 0. The maximum Gasteiger partial charge on any atom is 0.0497 e. The summed E-state index contributed by atoms with van der Waals surface area (Å²) in [6.45, 7) is 16.3. The minimum Gasteiger partial charge on any atom is -0.396 e. The van der Waals surface area contributed by atoms with Crippen molar-refractivity contribution >= 4 is 0 Å². The normalized spacial score (nSPS) is 22.3. The first kappa shape index (κ1) is 15.9. The third kappa shape index (κ3) is 5.25. The molecule has 0 aromatic carbocycles. The summed E-state index contributed by atoms with van der Waals surface area (Å²) >= 11 is 0. The van der Waals surface area contributed by atoms with Crippen LogP contribution in [-0.4, -0.2) is 60.8 Å². The van der Waals surface area contributed by atoms with Crippen molar-refractivity contribution in [2.45, 2.75) is 40.5 Å². The molecule has 1 N–H and O–H groups in total. The van der Waals surface area contributed by atoms with Crippen LogP contribution in [0.25, 0.3) is 0 Å². The monoisotopic (exact) mass is 256 g/mol. The van der Waals surface area contributed by atoms with Crippen LogP contribution >= 0.6 is 0 Å². The Morgan fingerprint density at radius 2 is 1.67 bits per heavy atom. The van der Waals surface area contributed by atoms with Gasteiger partial charge in [0.15, 0.2) is 0 Å². The maximum atomic E-state index is 9.58. The van der Waals surface area contributed by atoms with Gasteiger partial charge in [-0.2, -0.15) is 0 Å². The predicted octanol–water partition coefficient (Wildman–Crippen LogP) is 2.06. The highest BCUT2D eigenvalue weighted by Gasteiger charge is 2.27. The van der Waals surface area contributed by atoms with Gasteiger partial charge in [0.1, 0.15) is 0 Å². The van der Waals surface area contributed by atoms with E-state index in [0.717, 1.165) is 38.4 Å². The molecule has 0 spiro atoms. The van der Waals surface area contributed by atoms with Crippen molar-refractivity contribution in [1.29, 1.82) is 0 Å². The first-order chi connectivity index (χ1) is 8.49. The second-order valence-electron chi connectivity index (χ2n) is 6.69. The molecule has 0 amide bonds. The van der Waals surface area contributed by atoms with Crippen LogP contribution in [0.15, 0.2) is 0 Å². The SMILES string of the molecule is CCCC(C)(CO)CN1CCN(CC(C)C)CC1. The summed E-state index contributed by atoms with van der Waals surface area (Å²) in [6, 6.07) is 0. The predicted molar refractivity (Wildman–Crippen MR) is 77.8 cm³/mol. The quantitative estimate of drug-likeness (QED) is 0.755. The fourth-order valence-electron chi connectivity index (χ4n) is 3.00. The highest BCUT2D eigenvalue weighted by atomic mass is 16.3. The molecule has 1 rings (SSSR count). The van der Waals surface area contributed by atoms with Gasteiger partial charge < -0.3 is 14.9 Å². The summed E-state index contributed by atoms with van der Waals surface area (Å²) in [5.74, 6) is 0.763. The van der Waals surface area contributed by atoms with E-state index in [0.29, 0.717) is 6.61 Å². The van der Waals surface area contributed by atoms with Crippen molar-refractivity contribution in [3.05, 3.63) is 0 Å². The average Bonchev–Trinajstić information content (AvgIpc) is 2.31. The standard InChI is InChI=1S/C15H32N2O/c1-5-6-15(4,13-18)12-17-9-7-16(8-10-17)11-14(2)3/h14,18H,5-13H2,1-4H3. The van der Waals surface area contributed by atoms with Crippen LogP contribution in [0.1, 0.15) is 40.5 Å². The maximum absolute atomic E-state index is 9.58. The summed E-state index contributed by atoms with van der Waals surface area (Å²) in [7, 11) is 0. The van der Waals surface area contributed by atoms with Gasteiger partial charge in [0.2, 0.25) is 0 Å². The van der Waals surface area contributed by atoms with E-state index < -0.39 is 0 Å². The van der Waals surface area contributed by atoms with Crippen LogP contribution in [0, 0.1) is 11.3 Å². The molecule has 0 aromatic rings. The number of piperazine rings is 1. The zero-order valence-corrected chi connectivity index (χ0v) is 12.8. The molecule has 3 nitrogen and oxygen atoms in total. The van der Waals surface area contributed by atoms with E-state index in [4.69, 9.17) is 0 Å². The summed E-state index contributed by atoms with van der Waals surface area (Å²) in [5, 5.41) is 9.58. The lowest BCUT2D eigenvalue weighted by Gasteiger charge is -2.40. The number of aliphatic hydroxyl groups excluding tert-OH is 1. The minimum absolute atomic E-state index is 0.0922. The van der Waals surface area contributed by atoms with Gasteiger partial charge >= 0.3 is 0 Å². The molecule has 1 aliphatic heterocycles. The Kier molecular flexibility index (Phi) is 6.61. The molecule has 0 saturated carbocycles. The zero-order valence-electron chi connectivity index (χ0n) is 12.8. The number of aliphatic hydroxyl groups is 1. The smallest absolute Gasteiger partial charge is 0.0497 e. The van der Waals surface area contributed by atoms with Crippen molar-refractivity contribution in [2.24, 2.45) is 11.3 Å². The fraction of sp³-hybridized carbons (Fsp3) is 1.00. The topological polar surface area (TPSA) is 26.7 Å². The Morgan fingerprint density at radius 3 is 2.11 bits per heavy atom. The van der Waals surface area contributed by atoms with E-state index in [1.165, 1.54) is 19.6 Å². The second-order valence-corrected chi connectivity index (χ2v) is 6.69. The Balaban J connectivity index is 2.34. The van der Waals surface area contributed by atoms with Crippen molar-refractivity contribution in [3.8, 4) is 0 Å². The molecule has 0 bridgehead atoms. The van der Waals surface area contributed by atoms with E-state index in [2.05, 4.69) is 37.5 Å². The third-order valence-electron chi connectivity index (χ3n) is 3.93. The highest BCUT2D eigenvalue weighted by molar-refractivity contribution is 4.81. The lowest BCUT2D eigenvalue weighted by atomic mass is 9.86. The third-order valence-corrected chi connectivity index (χ3v) is 3.93. The summed E-state index contributed by atoms with van der Waals surface area (Å²) in [5.41, 5.74) is 0.0922. The van der Waals surface area contributed by atoms with Crippen molar-refractivity contribution < 1.29 is 5.11 Å². The molecular formula is C15H32N2O. The summed E-state index contributed by atoms with van der Waals surface area (Å²) in [4.78, 5) is 5.10. The molecular weight excluding hydrogens is 224 g/mol. The number of rotatable bonds is 7. The molecule has 1 saturated heterocycles. The van der Waals surface area contributed by atoms with E-state index in [1.54, 1.807) is 0 Å². The largest absolute Gasteiger partial charge is 0.396 e. The van der Waals surface area contributed by atoms with E-state index in [1.807, 2.05) is 0 Å². The van der Waals surface area contributed by atoms with Gasteiger partial charge in [-0.05, 0) is 12.3 Å². The fourth-order valence-corrected chi connectivity index (χ4v) is 3.00. The Morgan fingerprint density at radius 1 is 1.11 bits per heavy atom. The molecule has 1 atom stereocenters. The van der Waals surface area contributed by atoms with E-state index >= 15 is 0 Å². The lowest BCUT2D eigenvalue weighted by molar-refractivity contribution is 0.0483. The Hall–Kier alpha value is -0.120. The molecule has 108 valence electrons. The van der Waals surface area contributed by atoms with Gasteiger partial charge in [-0.15, -0.1) is 0 Å². The molecule has 1 heterocycles. The number of nitrogens with zero attached hydrogens (tertiary/aromatic N) is 2. The number of hydrogen-bond acceptors (Lipinski definition) is 3. The molecule has 1 aliphatic rings. The van der Waals surface area contributed by atoms with Gasteiger partial charge in [-0.25, -0.2) is 0 Å². The van der Waals surface area contributed by atoms with E-state index in [9.17, 15) is 5.11 Å². The van der Waals surface area contributed by atoms with Gasteiger partial charge in [0.25, 0.3) is 0 Å². The van der Waals surface area contributed by atoms with Gasteiger partial charge in [-0.3, -0.25) is 0 Å². The van der Waals surface area contributed by atoms with Crippen molar-refractivity contribution in [2.75, 3.05) is 45.9 Å². The van der Waals surface area contributed by atoms with Gasteiger partial charge in [0.05, 0.1) is 0 Å². The molecule has 0 aliphatic carbocycles. The summed E-state index contributed by atoms with van der Waals surface area (Å²) in [6.07, 6.45) is 2.28. The Labute approximate surface area is 113 Å². The second kappa shape index (κ2) is 7.46. The molecule has 1 fully saturated rings. The van der Waals surface area contributed by atoms with E-state index in [-0.39, 0.29) is 5.41 Å². The van der Waals surface area contributed by atoms with Crippen molar-refractivity contribution in [1.82, 2.24) is 9.80 Å². The van der Waals surface area contributed by atoms with Crippen molar-refractivity contribution in [3.63, 3.8) is 0 Å². The first-order valence-corrected chi connectivity index (χ1v) is 7.54. The highest BCUT2D eigenvalue weighted by Crippen LogP contribution is 2.24. The van der Waals surface area contributed by atoms with Crippen LogP contribution in [0.4, 0.5) is 0 Å². The van der Waals surface area contributed by atoms with Crippen LogP contribution in [-0.2, 0) is 0 Å². The molecule has 0 radical (unpaired) electrons. The minimum atomic E-state index is 0.0922. The van der Waals surface area contributed by atoms with Gasteiger partial charge in [0, 0.05) is 51.3 Å². The average molecular weight is 256 g/mol. The van der Waals surface area contributed by atoms with Crippen LogP contribution in [0.5, 0.6) is 0 Å².